The molecule has 0 amide bonds. The van der Waals surface area contributed by atoms with Crippen LogP contribution >= 0.6 is 11.8 Å². The lowest BCUT2D eigenvalue weighted by Crippen LogP contribution is -1.94. The van der Waals surface area contributed by atoms with Crippen molar-refractivity contribution in [2.24, 2.45) is 0 Å². The zero-order valence-corrected chi connectivity index (χ0v) is 10.5. The zero-order valence-electron chi connectivity index (χ0n) is 9.70. The molecule has 1 aromatic carbocycles. The largest absolute Gasteiger partial charge is 0.431 e. The maximum Gasteiger partial charge on any atom is 0.263 e. The molecule has 5 nitrogen and oxygen atoms in total. The first-order valence-corrected chi connectivity index (χ1v) is 6.28. The van der Waals surface area contributed by atoms with Crippen molar-refractivity contribution in [1.29, 1.82) is 5.26 Å². The Bertz CT molecular complexity index is 758. The number of hydrogen-bond donors (Lipinski definition) is 1. The highest BCUT2D eigenvalue weighted by atomic mass is 32.2. The van der Waals surface area contributed by atoms with E-state index in [-0.39, 0.29) is 5.69 Å². The number of pyridine rings is 1. The summed E-state index contributed by atoms with van der Waals surface area (Å²) in [5, 5.41) is 9.99. The van der Waals surface area contributed by atoms with Gasteiger partial charge >= 0.3 is 0 Å². The summed E-state index contributed by atoms with van der Waals surface area (Å²) in [6, 6.07) is 12.8. The average Bonchev–Trinajstić information content (AvgIpc) is 2.83. The van der Waals surface area contributed by atoms with E-state index in [1.807, 2.05) is 30.3 Å². The fourth-order valence-electron chi connectivity index (χ4n) is 1.58. The summed E-state index contributed by atoms with van der Waals surface area (Å²) >= 11 is 1.26. The van der Waals surface area contributed by atoms with E-state index in [0.717, 1.165) is 11.1 Å². The van der Waals surface area contributed by atoms with Gasteiger partial charge in [0.15, 0.2) is 11.3 Å². The van der Waals surface area contributed by atoms with Crippen LogP contribution in [0.1, 0.15) is 5.69 Å². The number of aromatic nitrogens is 2. The number of rotatable bonds is 2. The maximum atomic E-state index is 8.88. The molecule has 0 saturated carbocycles. The summed E-state index contributed by atoms with van der Waals surface area (Å²) in [7, 11) is 0. The number of fused-ring (bicyclic) bond motifs is 1. The van der Waals surface area contributed by atoms with Crippen LogP contribution in [0.3, 0.4) is 0 Å². The van der Waals surface area contributed by atoms with Gasteiger partial charge < -0.3 is 10.2 Å². The van der Waals surface area contributed by atoms with E-state index >= 15 is 0 Å². The van der Waals surface area contributed by atoms with E-state index in [4.69, 9.17) is 15.4 Å². The molecule has 0 saturated heterocycles. The van der Waals surface area contributed by atoms with E-state index in [1.54, 1.807) is 12.1 Å². The second-order valence-electron chi connectivity index (χ2n) is 3.75. The summed E-state index contributed by atoms with van der Waals surface area (Å²) in [6.45, 7) is 0. The van der Waals surface area contributed by atoms with E-state index in [2.05, 4.69) is 9.97 Å². The molecular weight excluding hydrogens is 260 g/mol. The van der Waals surface area contributed by atoms with E-state index in [9.17, 15) is 0 Å². The molecule has 2 aromatic heterocycles. The van der Waals surface area contributed by atoms with E-state index < -0.39 is 0 Å². The van der Waals surface area contributed by atoms with Crippen LogP contribution in [0.25, 0.3) is 11.1 Å². The molecule has 0 radical (unpaired) electrons. The number of nitriles is 1. The minimum absolute atomic E-state index is 0.209. The van der Waals surface area contributed by atoms with E-state index in [0.29, 0.717) is 15.9 Å². The molecule has 2 N–H and O–H groups in total. The summed E-state index contributed by atoms with van der Waals surface area (Å²) < 4.78 is 5.57. The third-order valence-electron chi connectivity index (χ3n) is 2.47. The van der Waals surface area contributed by atoms with Gasteiger partial charge in [0.25, 0.3) is 5.22 Å². The molecule has 0 aliphatic heterocycles. The first-order chi connectivity index (χ1) is 9.26. The Hall–Kier alpha value is -2.52. The number of nitrogen functional groups attached to an aromatic ring is 1. The third kappa shape index (κ3) is 2.23. The SMILES string of the molecule is N#Cc1nc(Sc2nc3ccccc3o2)ccc1N. The van der Waals surface area contributed by atoms with Gasteiger partial charge in [-0.05, 0) is 36.0 Å². The topological polar surface area (TPSA) is 88.7 Å². The fourth-order valence-corrected chi connectivity index (χ4v) is 2.31. The molecule has 0 spiro atoms. The number of nitrogens with zero attached hydrogens (tertiary/aromatic N) is 3. The van der Waals surface area contributed by atoms with Gasteiger partial charge in [0.1, 0.15) is 16.6 Å². The average molecular weight is 268 g/mol. The quantitative estimate of drug-likeness (QED) is 0.768. The van der Waals surface area contributed by atoms with Crippen LogP contribution in [0.15, 0.2) is 51.1 Å². The van der Waals surface area contributed by atoms with Crippen molar-refractivity contribution < 1.29 is 4.42 Å². The molecule has 0 atom stereocenters. The Morgan fingerprint density at radius 2 is 2.00 bits per heavy atom. The van der Waals surface area contributed by atoms with Gasteiger partial charge in [-0.15, -0.1) is 0 Å². The highest BCUT2D eigenvalue weighted by molar-refractivity contribution is 7.99. The van der Waals surface area contributed by atoms with Gasteiger partial charge in [-0.2, -0.15) is 5.26 Å². The maximum absolute atomic E-state index is 8.88. The Kier molecular flexibility index (Phi) is 2.82. The van der Waals surface area contributed by atoms with Crippen LogP contribution in [0, 0.1) is 11.3 Å². The Morgan fingerprint density at radius 1 is 1.16 bits per heavy atom. The second-order valence-corrected chi connectivity index (χ2v) is 4.72. The molecule has 19 heavy (non-hydrogen) atoms. The number of anilines is 1. The van der Waals surface area contributed by atoms with Crippen molar-refractivity contribution >= 4 is 28.5 Å². The molecular formula is C13H8N4OS. The van der Waals surface area contributed by atoms with Gasteiger partial charge in [-0.25, -0.2) is 9.97 Å². The highest BCUT2D eigenvalue weighted by Gasteiger charge is 2.09. The number of nitrogens with two attached hydrogens (primary N) is 1. The number of hydrogen-bond acceptors (Lipinski definition) is 6. The van der Waals surface area contributed by atoms with Gasteiger partial charge in [0.05, 0.1) is 5.69 Å². The van der Waals surface area contributed by atoms with Gasteiger partial charge in [0, 0.05) is 0 Å². The fraction of sp³-hybridized carbons (Fsp3) is 0. The lowest BCUT2D eigenvalue weighted by atomic mass is 10.3. The first-order valence-electron chi connectivity index (χ1n) is 5.46. The van der Waals surface area contributed by atoms with Crippen molar-refractivity contribution in [3.05, 3.63) is 42.1 Å². The van der Waals surface area contributed by atoms with Crippen LogP contribution in [-0.2, 0) is 0 Å². The van der Waals surface area contributed by atoms with Crippen molar-refractivity contribution in [3.63, 3.8) is 0 Å². The predicted octanol–water partition coefficient (Wildman–Crippen LogP) is 2.83. The summed E-state index contributed by atoms with van der Waals surface area (Å²) in [5.41, 5.74) is 7.71. The summed E-state index contributed by atoms with van der Waals surface area (Å²) in [4.78, 5) is 8.46. The third-order valence-corrected chi connectivity index (χ3v) is 3.26. The van der Waals surface area contributed by atoms with Crippen molar-refractivity contribution in [2.45, 2.75) is 10.2 Å². The van der Waals surface area contributed by atoms with Gasteiger partial charge in [-0.1, -0.05) is 12.1 Å². The molecule has 6 heteroatoms. The molecule has 2 heterocycles. The Morgan fingerprint density at radius 3 is 2.79 bits per heavy atom. The zero-order chi connectivity index (χ0) is 13.2. The first kappa shape index (κ1) is 11.6. The monoisotopic (exact) mass is 268 g/mol. The molecule has 3 rings (SSSR count). The van der Waals surface area contributed by atoms with Crippen molar-refractivity contribution in [3.8, 4) is 6.07 Å². The molecule has 0 fully saturated rings. The summed E-state index contributed by atoms with van der Waals surface area (Å²) in [6.07, 6.45) is 0. The minimum atomic E-state index is 0.209. The molecule has 0 bridgehead atoms. The molecule has 92 valence electrons. The minimum Gasteiger partial charge on any atom is -0.431 e. The Balaban J connectivity index is 1.94. The van der Waals surface area contributed by atoms with Gasteiger partial charge in [-0.3, -0.25) is 0 Å². The lowest BCUT2D eigenvalue weighted by molar-refractivity contribution is 0.489. The Labute approximate surface area is 113 Å². The van der Waals surface area contributed by atoms with Crippen molar-refractivity contribution in [2.75, 3.05) is 5.73 Å². The molecule has 0 aliphatic rings. The normalized spacial score (nSPS) is 10.5. The van der Waals surface area contributed by atoms with Crippen LogP contribution in [0.2, 0.25) is 0 Å². The number of para-hydroxylation sites is 2. The van der Waals surface area contributed by atoms with Gasteiger partial charge in [0.2, 0.25) is 0 Å². The predicted molar refractivity (Wildman–Crippen MR) is 71.5 cm³/mol. The number of oxazole rings is 1. The van der Waals surface area contributed by atoms with Crippen LogP contribution in [0.5, 0.6) is 0 Å². The summed E-state index contributed by atoms with van der Waals surface area (Å²) in [5.74, 6) is 0. The molecule has 0 aliphatic carbocycles. The standard InChI is InChI=1S/C13H8N4OS/c14-7-10-8(15)5-6-12(16-10)19-13-17-9-3-1-2-4-11(9)18-13/h1-6H,15H2. The van der Waals surface area contributed by atoms with E-state index in [1.165, 1.54) is 11.8 Å². The second kappa shape index (κ2) is 4.63. The molecule has 3 aromatic rings. The van der Waals surface area contributed by atoms with Crippen molar-refractivity contribution in [1.82, 2.24) is 9.97 Å². The molecule has 0 unspecified atom stereocenters. The lowest BCUT2D eigenvalue weighted by Gasteiger charge is -1.99. The van der Waals surface area contributed by atoms with Crippen LogP contribution in [0.4, 0.5) is 5.69 Å². The number of benzene rings is 1. The van der Waals surface area contributed by atoms with Crippen LogP contribution < -0.4 is 5.73 Å². The van der Waals surface area contributed by atoms with Crippen LogP contribution in [-0.4, -0.2) is 9.97 Å². The smallest absolute Gasteiger partial charge is 0.263 e. The highest BCUT2D eigenvalue weighted by Crippen LogP contribution is 2.29.